The second-order valence-electron chi connectivity index (χ2n) is 5.24. The SMILES string of the molecule is CC[C@@H](CS(=O)(=O)Cc1cnc2ccccc2c1)NCC#N. The van der Waals surface area contributed by atoms with E-state index in [-0.39, 0.29) is 24.1 Å². The maximum Gasteiger partial charge on any atom is 0.156 e. The molecule has 0 fully saturated rings. The van der Waals surface area contributed by atoms with E-state index < -0.39 is 9.84 Å². The fourth-order valence-electron chi connectivity index (χ4n) is 2.33. The third kappa shape index (κ3) is 4.52. The molecule has 0 unspecified atom stereocenters. The summed E-state index contributed by atoms with van der Waals surface area (Å²) in [5.41, 5.74) is 1.54. The lowest BCUT2D eigenvalue weighted by Crippen LogP contribution is -2.35. The molecule has 0 aliphatic rings. The molecular formula is C16H19N3O2S. The molecule has 0 radical (unpaired) electrons. The first-order valence-corrected chi connectivity index (χ1v) is 9.00. The average Bonchev–Trinajstić information content (AvgIpc) is 2.50. The molecule has 1 aromatic heterocycles. The molecule has 0 amide bonds. The van der Waals surface area contributed by atoms with Gasteiger partial charge < -0.3 is 5.32 Å². The minimum Gasteiger partial charge on any atom is -0.301 e. The molecule has 0 aliphatic carbocycles. The fourth-order valence-corrected chi connectivity index (χ4v) is 4.08. The minimum absolute atomic E-state index is 0.0258. The Labute approximate surface area is 130 Å². The average molecular weight is 317 g/mol. The molecule has 0 saturated heterocycles. The van der Waals surface area contributed by atoms with E-state index in [9.17, 15) is 8.42 Å². The van der Waals surface area contributed by atoms with Gasteiger partial charge in [0.1, 0.15) is 0 Å². The minimum atomic E-state index is -3.26. The standard InChI is InChI=1S/C16H19N3O2S/c1-2-15(18-8-7-17)12-22(20,21)11-13-9-14-5-3-4-6-16(14)19-10-13/h3-6,9-10,15,18H,2,8,11-12H2,1H3/t15-/m0/s1. The summed E-state index contributed by atoms with van der Waals surface area (Å²) in [7, 11) is -3.26. The Kier molecular flexibility index (Phi) is 5.47. The second kappa shape index (κ2) is 7.34. The van der Waals surface area contributed by atoms with Gasteiger partial charge in [0.25, 0.3) is 0 Å². The number of nitriles is 1. The maximum atomic E-state index is 12.3. The van der Waals surface area contributed by atoms with E-state index >= 15 is 0 Å². The van der Waals surface area contributed by atoms with E-state index in [0.29, 0.717) is 12.0 Å². The maximum absolute atomic E-state index is 12.3. The smallest absolute Gasteiger partial charge is 0.156 e. The van der Waals surface area contributed by atoms with Crippen LogP contribution in [0.2, 0.25) is 0 Å². The Hall–Kier alpha value is -1.97. The van der Waals surface area contributed by atoms with Crippen molar-refractivity contribution in [3.05, 3.63) is 42.1 Å². The van der Waals surface area contributed by atoms with Crippen LogP contribution in [0.1, 0.15) is 18.9 Å². The van der Waals surface area contributed by atoms with E-state index in [1.807, 2.05) is 43.3 Å². The van der Waals surface area contributed by atoms with Crippen LogP contribution in [0.25, 0.3) is 10.9 Å². The number of sulfone groups is 1. The van der Waals surface area contributed by atoms with Gasteiger partial charge in [0, 0.05) is 17.6 Å². The van der Waals surface area contributed by atoms with E-state index in [4.69, 9.17) is 5.26 Å². The number of rotatable bonds is 7. The monoisotopic (exact) mass is 317 g/mol. The van der Waals surface area contributed by atoms with Crippen LogP contribution in [0.15, 0.2) is 36.5 Å². The number of para-hydroxylation sites is 1. The number of hydrogen-bond donors (Lipinski definition) is 1. The van der Waals surface area contributed by atoms with Crippen LogP contribution >= 0.6 is 0 Å². The van der Waals surface area contributed by atoms with Crippen LogP contribution in [0, 0.1) is 11.3 Å². The molecule has 22 heavy (non-hydrogen) atoms. The van der Waals surface area contributed by atoms with Gasteiger partial charge in [0.2, 0.25) is 0 Å². The summed E-state index contributed by atoms with van der Waals surface area (Å²) in [5, 5.41) is 12.4. The number of nitrogens with zero attached hydrogens (tertiary/aromatic N) is 2. The van der Waals surface area contributed by atoms with Crippen LogP contribution in [-0.4, -0.2) is 31.7 Å². The summed E-state index contributed by atoms with van der Waals surface area (Å²) in [5.74, 6) is -0.00637. The van der Waals surface area contributed by atoms with E-state index in [1.54, 1.807) is 6.20 Å². The third-order valence-electron chi connectivity index (χ3n) is 3.45. The van der Waals surface area contributed by atoms with Crippen molar-refractivity contribution in [1.29, 1.82) is 5.26 Å². The lowest BCUT2D eigenvalue weighted by Gasteiger charge is -2.15. The van der Waals surface area contributed by atoms with Crippen molar-refractivity contribution in [3.63, 3.8) is 0 Å². The Morgan fingerprint density at radius 1 is 1.36 bits per heavy atom. The molecule has 2 aromatic rings. The molecule has 5 nitrogen and oxygen atoms in total. The largest absolute Gasteiger partial charge is 0.301 e. The summed E-state index contributed by atoms with van der Waals surface area (Å²) in [6.45, 7) is 2.06. The van der Waals surface area contributed by atoms with E-state index in [2.05, 4.69) is 10.3 Å². The number of pyridine rings is 1. The van der Waals surface area contributed by atoms with Crippen LogP contribution in [0.3, 0.4) is 0 Å². The highest BCUT2D eigenvalue weighted by molar-refractivity contribution is 7.90. The Balaban J connectivity index is 2.11. The van der Waals surface area contributed by atoms with Crippen molar-refractivity contribution in [2.24, 2.45) is 0 Å². The zero-order valence-electron chi connectivity index (χ0n) is 12.5. The lowest BCUT2D eigenvalue weighted by molar-refractivity contribution is 0.543. The second-order valence-corrected chi connectivity index (χ2v) is 7.34. The third-order valence-corrected chi connectivity index (χ3v) is 5.13. The van der Waals surface area contributed by atoms with Crippen LogP contribution in [0.5, 0.6) is 0 Å². The van der Waals surface area contributed by atoms with Gasteiger partial charge in [-0.15, -0.1) is 0 Å². The lowest BCUT2D eigenvalue weighted by atomic mass is 10.2. The zero-order valence-corrected chi connectivity index (χ0v) is 13.3. The molecular weight excluding hydrogens is 298 g/mol. The summed E-state index contributed by atoms with van der Waals surface area (Å²) < 4.78 is 24.6. The Morgan fingerprint density at radius 2 is 2.14 bits per heavy atom. The first kappa shape index (κ1) is 16.4. The first-order valence-electron chi connectivity index (χ1n) is 7.18. The molecule has 1 atom stereocenters. The van der Waals surface area contributed by atoms with Crippen molar-refractivity contribution in [1.82, 2.24) is 10.3 Å². The van der Waals surface area contributed by atoms with Gasteiger partial charge in [-0.1, -0.05) is 25.1 Å². The highest BCUT2D eigenvalue weighted by Gasteiger charge is 2.18. The first-order chi connectivity index (χ1) is 10.5. The number of fused-ring (bicyclic) bond motifs is 1. The molecule has 1 N–H and O–H groups in total. The number of hydrogen-bond acceptors (Lipinski definition) is 5. The summed E-state index contributed by atoms with van der Waals surface area (Å²) >= 11 is 0. The summed E-state index contributed by atoms with van der Waals surface area (Å²) in [4.78, 5) is 4.29. The molecule has 0 aliphatic heterocycles. The number of benzene rings is 1. The van der Waals surface area contributed by atoms with Crippen molar-refractivity contribution >= 4 is 20.7 Å². The van der Waals surface area contributed by atoms with Gasteiger partial charge in [-0.05, 0) is 24.1 Å². The van der Waals surface area contributed by atoms with Gasteiger partial charge in [-0.2, -0.15) is 5.26 Å². The quantitative estimate of drug-likeness (QED) is 0.790. The highest BCUT2D eigenvalue weighted by Crippen LogP contribution is 2.15. The number of nitrogens with one attached hydrogen (secondary N) is 1. The highest BCUT2D eigenvalue weighted by atomic mass is 32.2. The van der Waals surface area contributed by atoms with Crippen molar-refractivity contribution in [2.45, 2.75) is 25.1 Å². The summed E-state index contributed by atoms with van der Waals surface area (Å²) in [6.07, 6.45) is 2.28. The van der Waals surface area contributed by atoms with Crippen LogP contribution in [0.4, 0.5) is 0 Å². The molecule has 2 rings (SSSR count). The van der Waals surface area contributed by atoms with Crippen molar-refractivity contribution in [2.75, 3.05) is 12.3 Å². The van der Waals surface area contributed by atoms with E-state index in [0.717, 1.165) is 10.9 Å². The van der Waals surface area contributed by atoms with Crippen molar-refractivity contribution in [3.8, 4) is 6.07 Å². The normalized spacial score (nSPS) is 12.9. The molecule has 0 spiro atoms. The zero-order chi connectivity index (χ0) is 16.0. The van der Waals surface area contributed by atoms with Gasteiger partial charge in [-0.25, -0.2) is 8.42 Å². The molecule has 0 bridgehead atoms. The van der Waals surface area contributed by atoms with Gasteiger partial charge in [-0.3, -0.25) is 4.98 Å². The molecule has 1 heterocycles. The predicted molar refractivity (Wildman–Crippen MR) is 86.9 cm³/mol. The fraction of sp³-hybridized carbons (Fsp3) is 0.375. The van der Waals surface area contributed by atoms with Gasteiger partial charge >= 0.3 is 0 Å². The van der Waals surface area contributed by atoms with Gasteiger partial charge in [0.05, 0.1) is 29.6 Å². The molecule has 6 heteroatoms. The Bertz CT molecular complexity index is 781. The Morgan fingerprint density at radius 3 is 2.86 bits per heavy atom. The van der Waals surface area contributed by atoms with Crippen molar-refractivity contribution < 1.29 is 8.42 Å². The van der Waals surface area contributed by atoms with Crippen LogP contribution < -0.4 is 5.32 Å². The topological polar surface area (TPSA) is 82.8 Å². The molecule has 0 saturated carbocycles. The molecule has 116 valence electrons. The number of aromatic nitrogens is 1. The molecule has 1 aromatic carbocycles. The van der Waals surface area contributed by atoms with Crippen LogP contribution in [-0.2, 0) is 15.6 Å². The van der Waals surface area contributed by atoms with Gasteiger partial charge in [0.15, 0.2) is 9.84 Å². The van der Waals surface area contributed by atoms with E-state index in [1.165, 1.54) is 0 Å². The predicted octanol–water partition coefficient (Wildman–Crippen LogP) is 2.04. The summed E-state index contributed by atoms with van der Waals surface area (Å²) in [6, 6.07) is 11.3.